The molecule has 0 radical (unpaired) electrons. The molecule has 3 heterocycles. The highest BCUT2D eigenvalue weighted by Gasteiger charge is 2.54. The Hall–Kier alpha value is -3.62. The zero-order valence-electron chi connectivity index (χ0n) is 21.4. The highest BCUT2D eigenvalue weighted by atomic mass is 16.5. The number of nitrogens with zero attached hydrogens (tertiary/aromatic N) is 4. The molecular formula is C28H32N4O5. The first-order valence-electron chi connectivity index (χ1n) is 13.0. The number of anilines is 1. The van der Waals surface area contributed by atoms with Crippen LogP contribution in [-0.2, 0) is 16.1 Å². The summed E-state index contributed by atoms with van der Waals surface area (Å²) in [4.78, 5) is 47.2. The van der Waals surface area contributed by atoms with Gasteiger partial charge in [-0.1, -0.05) is 13.0 Å². The number of carbonyl (C=O) groups is 3. The Balaban J connectivity index is 1.06. The lowest BCUT2D eigenvalue weighted by molar-refractivity contribution is -0.129. The Kier molecular flexibility index (Phi) is 5.81. The van der Waals surface area contributed by atoms with E-state index in [1.54, 1.807) is 43.4 Å². The van der Waals surface area contributed by atoms with E-state index in [1.807, 2.05) is 12.1 Å². The molecule has 2 unspecified atom stereocenters. The first-order chi connectivity index (χ1) is 17.8. The smallest absolute Gasteiger partial charge is 0.268 e. The Morgan fingerprint density at radius 3 is 2.59 bits per heavy atom. The number of likely N-dealkylation sites (N-methyl/N-ethyl adjacent to an activating group) is 1. The van der Waals surface area contributed by atoms with Gasteiger partial charge in [0.05, 0.1) is 6.20 Å². The molecule has 2 aliphatic heterocycles. The van der Waals surface area contributed by atoms with E-state index in [9.17, 15) is 14.4 Å². The maximum atomic E-state index is 13.1. The molecule has 3 fully saturated rings. The monoisotopic (exact) mass is 504 g/mol. The van der Waals surface area contributed by atoms with Crippen molar-refractivity contribution in [3.8, 4) is 11.6 Å². The molecule has 0 N–H and O–H groups in total. The number of amides is 3. The van der Waals surface area contributed by atoms with E-state index in [0.717, 1.165) is 36.2 Å². The lowest BCUT2D eigenvalue weighted by atomic mass is 10.1. The van der Waals surface area contributed by atoms with Crippen molar-refractivity contribution in [1.29, 1.82) is 0 Å². The van der Waals surface area contributed by atoms with Crippen LogP contribution < -0.4 is 14.4 Å². The van der Waals surface area contributed by atoms with Gasteiger partial charge in [0.15, 0.2) is 6.10 Å². The van der Waals surface area contributed by atoms with E-state index in [-0.39, 0.29) is 30.4 Å². The van der Waals surface area contributed by atoms with Crippen molar-refractivity contribution in [2.75, 3.05) is 32.1 Å². The van der Waals surface area contributed by atoms with Crippen LogP contribution in [0.5, 0.6) is 11.6 Å². The van der Waals surface area contributed by atoms with E-state index in [0.29, 0.717) is 42.4 Å². The van der Waals surface area contributed by atoms with E-state index in [4.69, 9.17) is 9.47 Å². The molecular weight excluding hydrogens is 472 g/mol. The Morgan fingerprint density at radius 1 is 1.11 bits per heavy atom. The maximum absolute atomic E-state index is 13.1. The van der Waals surface area contributed by atoms with Crippen molar-refractivity contribution >= 4 is 23.4 Å². The van der Waals surface area contributed by atoms with Crippen molar-refractivity contribution in [3.05, 3.63) is 47.7 Å². The molecule has 9 nitrogen and oxygen atoms in total. The van der Waals surface area contributed by atoms with Crippen LogP contribution in [0.3, 0.4) is 0 Å². The summed E-state index contributed by atoms with van der Waals surface area (Å²) in [5.74, 6) is 3.13. The summed E-state index contributed by atoms with van der Waals surface area (Å²) in [6.07, 6.45) is 4.00. The first kappa shape index (κ1) is 23.8. The molecule has 1 aromatic heterocycles. The molecule has 194 valence electrons. The second-order valence-corrected chi connectivity index (χ2v) is 10.9. The molecule has 9 heteroatoms. The van der Waals surface area contributed by atoms with Crippen LogP contribution in [0.15, 0.2) is 36.5 Å². The van der Waals surface area contributed by atoms with Gasteiger partial charge in [-0.25, -0.2) is 4.98 Å². The molecule has 2 saturated carbocycles. The fourth-order valence-electron chi connectivity index (χ4n) is 6.03. The van der Waals surface area contributed by atoms with Crippen LogP contribution in [0.25, 0.3) is 0 Å². The lowest BCUT2D eigenvalue weighted by Crippen LogP contribution is -2.36. The molecule has 1 saturated heterocycles. The van der Waals surface area contributed by atoms with E-state index in [1.165, 1.54) is 9.80 Å². The third-order valence-corrected chi connectivity index (χ3v) is 8.37. The van der Waals surface area contributed by atoms with Gasteiger partial charge in [-0.3, -0.25) is 14.4 Å². The molecule has 0 spiro atoms. The number of rotatable bonds is 7. The van der Waals surface area contributed by atoms with Crippen LogP contribution in [0, 0.1) is 17.8 Å². The summed E-state index contributed by atoms with van der Waals surface area (Å²) in [6.45, 7) is 3.24. The summed E-state index contributed by atoms with van der Waals surface area (Å²) in [7, 11) is 3.34. The predicted molar refractivity (Wildman–Crippen MR) is 135 cm³/mol. The Bertz CT molecular complexity index is 1230. The van der Waals surface area contributed by atoms with Gasteiger partial charge in [-0.15, -0.1) is 0 Å². The van der Waals surface area contributed by atoms with Gasteiger partial charge in [-0.2, -0.15) is 0 Å². The van der Waals surface area contributed by atoms with Crippen molar-refractivity contribution in [1.82, 2.24) is 14.8 Å². The minimum atomic E-state index is -0.616. The highest BCUT2D eigenvalue weighted by molar-refractivity contribution is 6.03. The fraction of sp³-hybridized carbons (Fsp3) is 0.500. The number of hydrogen-bond acceptors (Lipinski definition) is 6. The summed E-state index contributed by atoms with van der Waals surface area (Å²) in [6, 6.07) is 9.07. The maximum Gasteiger partial charge on any atom is 0.268 e. The lowest BCUT2D eigenvalue weighted by Gasteiger charge is -2.18. The quantitative estimate of drug-likeness (QED) is 0.576. The summed E-state index contributed by atoms with van der Waals surface area (Å²) in [5, 5.41) is 0. The average molecular weight is 505 g/mol. The van der Waals surface area contributed by atoms with Crippen molar-refractivity contribution in [2.45, 2.75) is 44.9 Å². The normalized spacial score (nSPS) is 27.8. The van der Waals surface area contributed by atoms with E-state index >= 15 is 0 Å². The van der Waals surface area contributed by atoms with Gasteiger partial charge >= 0.3 is 0 Å². The number of hydrogen-bond donors (Lipinski definition) is 0. The third kappa shape index (κ3) is 4.40. The van der Waals surface area contributed by atoms with Crippen LogP contribution in [0.2, 0.25) is 0 Å². The molecule has 6 rings (SSSR count). The summed E-state index contributed by atoms with van der Waals surface area (Å²) >= 11 is 0. The molecule has 3 atom stereocenters. The molecule has 4 aliphatic rings. The fourth-order valence-corrected chi connectivity index (χ4v) is 6.03. The minimum absolute atomic E-state index is 0.0349. The van der Waals surface area contributed by atoms with Gasteiger partial charge in [0.25, 0.3) is 11.8 Å². The molecule has 1 aromatic carbocycles. The van der Waals surface area contributed by atoms with Gasteiger partial charge in [-0.05, 0) is 54.4 Å². The molecule has 2 aliphatic carbocycles. The molecule has 2 aromatic rings. The minimum Gasteiger partial charge on any atom is -0.479 e. The second-order valence-electron chi connectivity index (χ2n) is 10.9. The SMILES string of the molecule is CN(C)C(=O)CN1Cc2ccc(N3CC[C@@H](Oc4ccc(O[C@H]5CC6C(C5)[C@@H]6C)nc4)C3=O)cc2C1=O. The highest BCUT2D eigenvalue weighted by Crippen LogP contribution is 2.57. The van der Waals surface area contributed by atoms with Gasteiger partial charge in [0, 0.05) is 50.9 Å². The Morgan fingerprint density at radius 2 is 1.89 bits per heavy atom. The van der Waals surface area contributed by atoms with Crippen LogP contribution in [0.4, 0.5) is 5.69 Å². The number of pyridine rings is 1. The zero-order chi connectivity index (χ0) is 25.8. The second kappa shape index (κ2) is 9.04. The number of benzene rings is 1. The van der Waals surface area contributed by atoms with Crippen molar-refractivity contribution < 1.29 is 23.9 Å². The van der Waals surface area contributed by atoms with Crippen molar-refractivity contribution in [3.63, 3.8) is 0 Å². The van der Waals surface area contributed by atoms with Gasteiger partial charge in [0.2, 0.25) is 11.8 Å². The van der Waals surface area contributed by atoms with Gasteiger partial charge < -0.3 is 24.2 Å². The summed E-state index contributed by atoms with van der Waals surface area (Å²) < 4.78 is 12.0. The number of fused-ring (bicyclic) bond motifs is 2. The average Bonchev–Trinajstić information content (AvgIpc) is 3.24. The first-order valence-corrected chi connectivity index (χ1v) is 13.0. The number of carbonyl (C=O) groups excluding carboxylic acids is 3. The predicted octanol–water partition coefficient (Wildman–Crippen LogP) is 2.73. The topological polar surface area (TPSA) is 92.3 Å². The van der Waals surface area contributed by atoms with Crippen molar-refractivity contribution in [2.24, 2.45) is 17.8 Å². The third-order valence-electron chi connectivity index (χ3n) is 8.37. The summed E-state index contributed by atoms with van der Waals surface area (Å²) in [5.41, 5.74) is 2.06. The standard InChI is InChI=1S/C28H32N4O5/c1-16-21-11-20(12-22(16)21)37-25-7-6-19(13-29-25)36-24-8-9-32(28(24)35)18-5-4-17-14-31(15-26(33)30(2)3)27(34)23(17)10-18/h4-7,10,13,16,20-22,24H,8-9,11-12,14-15H2,1-3H3/t16-,20+,21?,22?,24-/m1/s1. The van der Waals surface area contributed by atoms with Gasteiger partial charge in [0.1, 0.15) is 18.4 Å². The molecule has 37 heavy (non-hydrogen) atoms. The molecule has 0 bridgehead atoms. The van der Waals surface area contributed by atoms with Crippen LogP contribution in [-0.4, -0.2) is 71.9 Å². The Labute approximate surface area is 216 Å². The number of aromatic nitrogens is 1. The molecule has 3 amide bonds. The van der Waals surface area contributed by atoms with E-state index in [2.05, 4.69) is 11.9 Å². The zero-order valence-corrected chi connectivity index (χ0v) is 21.4. The van der Waals surface area contributed by atoms with Crippen LogP contribution >= 0.6 is 0 Å². The number of ether oxygens (including phenoxy) is 2. The van der Waals surface area contributed by atoms with E-state index < -0.39 is 6.10 Å². The largest absolute Gasteiger partial charge is 0.479 e. The van der Waals surface area contributed by atoms with Crippen LogP contribution in [0.1, 0.15) is 42.1 Å².